The van der Waals surface area contributed by atoms with E-state index in [2.05, 4.69) is 17.6 Å². The maximum atomic E-state index is 11.7. The van der Waals surface area contributed by atoms with Crippen LogP contribution in [0.2, 0.25) is 0 Å². The van der Waals surface area contributed by atoms with Gasteiger partial charge in [-0.25, -0.2) is 4.79 Å². The van der Waals surface area contributed by atoms with Gasteiger partial charge in [0.15, 0.2) is 0 Å². The van der Waals surface area contributed by atoms with Crippen LogP contribution in [0.15, 0.2) is 0 Å². The van der Waals surface area contributed by atoms with E-state index in [4.69, 9.17) is 0 Å². The highest BCUT2D eigenvalue weighted by molar-refractivity contribution is 5.88. The summed E-state index contributed by atoms with van der Waals surface area (Å²) in [5.74, 6) is -0.578. The van der Waals surface area contributed by atoms with E-state index in [1.165, 1.54) is 0 Å². The Morgan fingerprint density at radius 3 is 2.44 bits per heavy atom. The summed E-state index contributed by atoms with van der Waals surface area (Å²) in [4.78, 5) is 23.2. The Morgan fingerprint density at radius 2 is 1.94 bits per heavy atom. The largest absolute Gasteiger partial charge is 0.480 e. The van der Waals surface area contributed by atoms with Gasteiger partial charge in [0, 0.05) is 0 Å². The maximum Gasteiger partial charge on any atom is 0.329 e. The monoisotopic (exact) mass is 256 g/mol. The zero-order chi connectivity index (χ0) is 13.6. The molecule has 18 heavy (non-hydrogen) atoms. The second kappa shape index (κ2) is 6.73. The van der Waals surface area contributed by atoms with Gasteiger partial charge < -0.3 is 15.7 Å². The van der Waals surface area contributed by atoms with Crippen molar-refractivity contribution < 1.29 is 14.7 Å². The zero-order valence-corrected chi connectivity index (χ0v) is 11.3. The van der Waals surface area contributed by atoms with Crippen LogP contribution < -0.4 is 10.6 Å². The van der Waals surface area contributed by atoms with Crippen LogP contribution in [0.25, 0.3) is 0 Å². The molecule has 0 spiro atoms. The Kier molecular flexibility index (Phi) is 5.59. The fraction of sp³-hybridized carbons (Fsp3) is 0.846. The van der Waals surface area contributed by atoms with E-state index in [1.807, 2.05) is 6.92 Å². The van der Waals surface area contributed by atoms with Crippen molar-refractivity contribution >= 4 is 11.9 Å². The van der Waals surface area contributed by atoms with Gasteiger partial charge in [-0.2, -0.15) is 0 Å². The molecule has 0 atom stereocenters. The number of carboxylic acid groups (broad SMARTS) is 1. The third-order valence-corrected chi connectivity index (χ3v) is 3.63. The third-order valence-electron chi connectivity index (χ3n) is 3.63. The summed E-state index contributed by atoms with van der Waals surface area (Å²) in [6.07, 6.45) is 3.73. The van der Waals surface area contributed by atoms with E-state index in [0.29, 0.717) is 18.8 Å². The lowest BCUT2D eigenvalue weighted by molar-refractivity contribution is -0.149. The van der Waals surface area contributed by atoms with E-state index < -0.39 is 11.5 Å². The summed E-state index contributed by atoms with van der Waals surface area (Å²) in [6, 6.07) is 0. The molecule has 3 N–H and O–H groups in total. The molecular weight excluding hydrogens is 232 g/mol. The van der Waals surface area contributed by atoms with Gasteiger partial charge in [0.05, 0.1) is 6.54 Å². The van der Waals surface area contributed by atoms with Crippen molar-refractivity contribution in [1.29, 1.82) is 0 Å². The molecule has 104 valence electrons. The van der Waals surface area contributed by atoms with Gasteiger partial charge in [0.25, 0.3) is 0 Å². The molecule has 0 aromatic rings. The number of hydrogen-bond donors (Lipinski definition) is 3. The molecule has 0 heterocycles. The number of aliphatic carboxylic acids is 1. The van der Waals surface area contributed by atoms with Crippen LogP contribution in [0, 0.1) is 5.92 Å². The number of hydrogen-bond acceptors (Lipinski definition) is 3. The minimum absolute atomic E-state index is 0.193. The Morgan fingerprint density at radius 1 is 1.33 bits per heavy atom. The first kappa shape index (κ1) is 15.0. The van der Waals surface area contributed by atoms with Gasteiger partial charge in [-0.1, -0.05) is 13.8 Å². The second-order valence-electron chi connectivity index (χ2n) is 5.29. The van der Waals surface area contributed by atoms with E-state index in [0.717, 1.165) is 25.8 Å². The highest BCUT2D eigenvalue weighted by Crippen LogP contribution is 2.32. The molecule has 0 bridgehead atoms. The number of nitrogens with one attached hydrogen (secondary N) is 2. The molecule has 0 aromatic carbocycles. The van der Waals surface area contributed by atoms with E-state index >= 15 is 0 Å². The quantitative estimate of drug-likeness (QED) is 0.623. The topological polar surface area (TPSA) is 78.4 Å². The van der Waals surface area contributed by atoms with Gasteiger partial charge in [-0.15, -0.1) is 0 Å². The molecule has 0 radical (unpaired) electrons. The fourth-order valence-electron chi connectivity index (χ4n) is 2.34. The Balaban J connectivity index is 2.52. The zero-order valence-electron chi connectivity index (χ0n) is 11.3. The average molecular weight is 256 g/mol. The van der Waals surface area contributed by atoms with Gasteiger partial charge >= 0.3 is 5.97 Å². The molecule has 5 nitrogen and oxygen atoms in total. The van der Waals surface area contributed by atoms with E-state index in [-0.39, 0.29) is 12.5 Å². The third kappa shape index (κ3) is 3.98. The molecule has 1 aliphatic carbocycles. The predicted octanol–water partition coefficient (Wildman–Crippen LogP) is 1.14. The summed E-state index contributed by atoms with van der Waals surface area (Å²) >= 11 is 0. The Hall–Kier alpha value is -1.10. The lowest BCUT2D eigenvalue weighted by Crippen LogP contribution is -2.57. The maximum absolute atomic E-state index is 11.7. The van der Waals surface area contributed by atoms with Crippen LogP contribution in [0.1, 0.15) is 46.0 Å². The van der Waals surface area contributed by atoms with Crippen molar-refractivity contribution in [3.8, 4) is 0 Å². The Labute approximate surface area is 108 Å². The van der Waals surface area contributed by atoms with Crippen LogP contribution in [-0.4, -0.2) is 35.6 Å². The highest BCUT2D eigenvalue weighted by atomic mass is 16.4. The van der Waals surface area contributed by atoms with Gasteiger partial charge in [-0.05, 0) is 44.6 Å². The van der Waals surface area contributed by atoms with Crippen molar-refractivity contribution in [1.82, 2.24) is 10.6 Å². The minimum atomic E-state index is -1.04. The first-order chi connectivity index (χ1) is 8.50. The number of carbonyl (C=O) groups excluding carboxylic acids is 1. The number of carboxylic acids is 1. The first-order valence-corrected chi connectivity index (χ1v) is 6.75. The lowest BCUT2D eigenvalue weighted by Gasteiger charge is -2.36. The second-order valence-corrected chi connectivity index (χ2v) is 5.29. The van der Waals surface area contributed by atoms with Crippen LogP contribution in [0.3, 0.4) is 0 Å². The van der Waals surface area contributed by atoms with Crippen LogP contribution in [0.5, 0.6) is 0 Å². The van der Waals surface area contributed by atoms with Crippen LogP contribution in [0.4, 0.5) is 0 Å². The fourth-order valence-corrected chi connectivity index (χ4v) is 2.34. The molecule has 0 aliphatic heterocycles. The smallest absolute Gasteiger partial charge is 0.329 e. The number of carbonyl (C=O) groups is 2. The molecule has 0 aromatic heterocycles. The van der Waals surface area contributed by atoms with Gasteiger partial charge in [-0.3, -0.25) is 4.79 Å². The minimum Gasteiger partial charge on any atom is -0.480 e. The molecule has 1 saturated carbocycles. The predicted molar refractivity (Wildman–Crippen MR) is 69.3 cm³/mol. The summed E-state index contributed by atoms with van der Waals surface area (Å²) in [6.45, 7) is 5.10. The molecule has 1 fully saturated rings. The van der Waals surface area contributed by atoms with Gasteiger partial charge in [0.2, 0.25) is 5.91 Å². The number of rotatable bonds is 6. The molecule has 1 aliphatic rings. The summed E-state index contributed by atoms with van der Waals surface area (Å²) in [5, 5.41) is 15.1. The van der Waals surface area contributed by atoms with E-state index in [1.54, 1.807) is 0 Å². The molecule has 0 saturated heterocycles. The SMILES string of the molecule is CCCNCC(=O)NC1(C(=O)O)CCC(C)CC1. The van der Waals surface area contributed by atoms with Crippen LogP contribution in [-0.2, 0) is 9.59 Å². The summed E-state index contributed by atoms with van der Waals surface area (Å²) in [5.41, 5.74) is -1.04. The summed E-state index contributed by atoms with van der Waals surface area (Å²) < 4.78 is 0. The van der Waals surface area contributed by atoms with Crippen molar-refractivity contribution in [2.24, 2.45) is 5.92 Å². The Bertz CT molecular complexity index is 297. The van der Waals surface area contributed by atoms with E-state index in [9.17, 15) is 14.7 Å². The average Bonchev–Trinajstić information content (AvgIpc) is 2.32. The first-order valence-electron chi connectivity index (χ1n) is 6.75. The van der Waals surface area contributed by atoms with Crippen molar-refractivity contribution in [2.45, 2.75) is 51.5 Å². The molecule has 1 rings (SSSR count). The van der Waals surface area contributed by atoms with Crippen molar-refractivity contribution in [2.75, 3.05) is 13.1 Å². The van der Waals surface area contributed by atoms with Crippen molar-refractivity contribution in [3.05, 3.63) is 0 Å². The van der Waals surface area contributed by atoms with Crippen molar-refractivity contribution in [3.63, 3.8) is 0 Å². The molecule has 1 amide bonds. The molecule has 0 unspecified atom stereocenters. The standard InChI is InChI=1S/C13H24N2O3/c1-3-8-14-9-11(16)15-13(12(17)18)6-4-10(2)5-7-13/h10,14H,3-9H2,1-2H3,(H,15,16)(H,17,18). The summed E-state index contributed by atoms with van der Waals surface area (Å²) in [7, 11) is 0. The molecule has 5 heteroatoms. The van der Waals surface area contributed by atoms with Crippen LogP contribution >= 0.6 is 0 Å². The lowest BCUT2D eigenvalue weighted by atomic mass is 9.77. The normalized spacial score (nSPS) is 27.8. The van der Waals surface area contributed by atoms with Gasteiger partial charge in [0.1, 0.15) is 5.54 Å². The highest BCUT2D eigenvalue weighted by Gasteiger charge is 2.42. The molecular formula is C13H24N2O3. The number of amides is 1.